The number of carbonyl (C=O) groups excluding carboxylic acids is 4. The van der Waals surface area contributed by atoms with Crippen molar-refractivity contribution in [1.29, 1.82) is 0 Å². The fourth-order valence-electron chi connectivity index (χ4n) is 5.06. The van der Waals surface area contributed by atoms with Gasteiger partial charge in [0.25, 0.3) is 5.91 Å². The minimum Gasteiger partial charge on any atom is -0.452 e. The number of aryl methyl sites for hydroxylation is 1. The van der Waals surface area contributed by atoms with Gasteiger partial charge in [-0.1, -0.05) is 35.9 Å². The highest BCUT2D eigenvalue weighted by molar-refractivity contribution is 6.31. The van der Waals surface area contributed by atoms with Crippen LogP contribution in [0.25, 0.3) is 0 Å². The monoisotopic (exact) mass is 464 g/mol. The molecule has 1 N–H and O–H groups in total. The van der Waals surface area contributed by atoms with Crippen molar-refractivity contribution in [2.75, 3.05) is 16.8 Å². The van der Waals surface area contributed by atoms with Crippen LogP contribution in [-0.4, -0.2) is 30.3 Å². The van der Waals surface area contributed by atoms with Gasteiger partial charge in [0.05, 0.1) is 23.1 Å². The highest BCUT2D eigenvalue weighted by Gasteiger charge is 2.59. The Morgan fingerprint density at radius 2 is 1.76 bits per heavy atom. The van der Waals surface area contributed by atoms with E-state index in [2.05, 4.69) is 5.32 Å². The summed E-state index contributed by atoms with van der Waals surface area (Å²) in [5.41, 5.74) is 1.84. The van der Waals surface area contributed by atoms with Crippen LogP contribution in [0.5, 0.6) is 0 Å². The molecule has 2 bridgehead atoms. The van der Waals surface area contributed by atoms with Crippen molar-refractivity contribution >= 4 is 46.7 Å². The first-order valence-electron chi connectivity index (χ1n) is 10.7. The molecular weight excluding hydrogens is 444 g/mol. The van der Waals surface area contributed by atoms with E-state index in [9.17, 15) is 19.2 Å². The number of halogens is 1. The number of carbonyl (C=O) groups is 4. The Morgan fingerprint density at radius 3 is 2.45 bits per heavy atom. The van der Waals surface area contributed by atoms with Gasteiger partial charge in [-0.3, -0.25) is 14.4 Å². The third-order valence-electron chi connectivity index (χ3n) is 6.62. The second kappa shape index (κ2) is 8.15. The minimum atomic E-state index is -0.726. The summed E-state index contributed by atoms with van der Waals surface area (Å²) in [5.74, 6) is -2.09. The number of anilines is 2. The van der Waals surface area contributed by atoms with Crippen molar-refractivity contribution in [3.8, 4) is 0 Å². The molecular formula is C25H21ClN2O5. The van der Waals surface area contributed by atoms with Crippen molar-refractivity contribution < 1.29 is 23.9 Å². The van der Waals surface area contributed by atoms with Gasteiger partial charge in [0.15, 0.2) is 6.61 Å². The van der Waals surface area contributed by atoms with E-state index in [-0.39, 0.29) is 41.0 Å². The van der Waals surface area contributed by atoms with E-state index in [4.69, 9.17) is 16.3 Å². The molecule has 1 saturated heterocycles. The Balaban J connectivity index is 1.25. The van der Waals surface area contributed by atoms with Gasteiger partial charge < -0.3 is 10.1 Å². The summed E-state index contributed by atoms with van der Waals surface area (Å²) in [6, 6.07) is 11.3. The standard InChI is InChI=1S/C25H21ClN2O5/c1-13-5-8-17(26)11-19(13)27-20(29)12-33-25(32)16-3-2-4-18(10-16)28-23(30)21-14-6-7-15(9-14)22(21)24(28)31/h2-8,10-11,14-15,21-22H,9,12H2,1H3,(H,27,29)/t14-,15-,21-,22+/m0/s1. The SMILES string of the molecule is Cc1ccc(Cl)cc1NC(=O)COC(=O)c1cccc(N2C(=O)[C@@H]3[C@H](C2=O)[C@H]2C=C[C@H]3C2)c1. The number of benzene rings is 2. The van der Waals surface area contributed by atoms with Crippen molar-refractivity contribution in [2.24, 2.45) is 23.7 Å². The predicted octanol–water partition coefficient (Wildman–Crippen LogP) is 3.76. The predicted molar refractivity (Wildman–Crippen MR) is 122 cm³/mol. The molecule has 0 unspecified atom stereocenters. The number of nitrogens with one attached hydrogen (secondary N) is 1. The van der Waals surface area contributed by atoms with Gasteiger partial charge in [-0.25, -0.2) is 9.69 Å². The molecule has 4 atom stereocenters. The lowest BCUT2D eigenvalue weighted by molar-refractivity contribution is -0.123. The van der Waals surface area contributed by atoms with Gasteiger partial charge in [-0.05, 0) is 61.1 Å². The molecule has 33 heavy (non-hydrogen) atoms. The molecule has 3 amide bonds. The number of ether oxygens (including phenoxy) is 1. The highest BCUT2D eigenvalue weighted by atomic mass is 35.5. The Hall–Kier alpha value is -3.45. The molecule has 1 aliphatic heterocycles. The first-order chi connectivity index (χ1) is 15.8. The molecule has 1 saturated carbocycles. The lowest BCUT2D eigenvalue weighted by Crippen LogP contribution is -2.33. The number of nitrogens with zero attached hydrogens (tertiary/aromatic N) is 1. The Labute approximate surface area is 195 Å². The zero-order valence-corrected chi connectivity index (χ0v) is 18.5. The molecule has 168 valence electrons. The van der Waals surface area contributed by atoms with E-state index >= 15 is 0 Å². The number of rotatable bonds is 5. The van der Waals surface area contributed by atoms with Crippen LogP contribution in [0, 0.1) is 30.6 Å². The van der Waals surface area contributed by atoms with E-state index in [0.717, 1.165) is 12.0 Å². The fourth-order valence-corrected chi connectivity index (χ4v) is 5.23. The van der Waals surface area contributed by atoms with Crippen molar-refractivity contribution in [3.63, 3.8) is 0 Å². The molecule has 3 aliphatic rings. The van der Waals surface area contributed by atoms with Gasteiger partial charge in [-0.2, -0.15) is 0 Å². The summed E-state index contributed by atoms with van der Waals surface area (Å²) in [6.45, 7) is 1.33. The van der Waals surface area contributed by atoms with E-state index in [1.54, 1.807) is 30.3 Å². The molecule has 0 aromatic heterocycles. The van der Waals surface area contributed by atoms with Crippen LogP contribution < -0.4 is 10.2 Å². The van der Waals surface area contributed by atoms with Crippen molar-refractivity contribution in [2.45, 2.75) is 13.3 Å². The zero-order chi connectivity index (χ0) is 23.3. The van der Waals surface area contributed by atoms with E-state index in [1.165, 1.54) is 17.0 Å². The average molecular weight is 465 g/mol. The molecule has 0 radical (unpaired) electrons. The molecule has 2 fully saturated rings. The Kier molecular flexibility index (Phi) is 5.29. The van der Waals surface area contributed by atoms with E-state index in [0.29, 0.717) is 16.4 Å². The third-order valence-corrected chi connectivity index (χ3v) is 6.85. The topological polar surface area (TPSA) is 92.8 Å². The van der Waals surface area contributed by atoms with Crippen molar-refractivity contribution in [3.05, 3.63) is 70.8 Å². The zero-order valence-electron chi connectivity index (χ0n) is 17.8. The minimum absolute atomic E-state index is 0.108. The number of esters is 1. The van der Waals surface area contributed by atoms with Gasteiger partial charge in [0.1, 0.15) is 0 Å². The first-order valence-corrected chi connectivity index (χ1v) is 11.1. The highest BCUT2D eigenvalue weighted by Crippen LogP contribution is 2.53. The summed E-state index contributed by atoms with van der Waals surface area (Å²) < 4.78 is 5.14. The van der Waals surface area contributed by atoms with Gasteiger partial charge >= 0.3 is 5.97 Å². The smallest absolute Gasteiger partial charge is 0.338 e. The molecule has 2 aliphatic carbocycles. The molecule has 0 spiro atoms. The number of imide groups is 1. The Morgan fingerprint density at radius 1 is 1.06 bits per heavy atom. The van der Waals surface area contributed by atoms with Gasteiger partial charge in [0.2, 0.25) is 11.8 Å². The van der Waals surface area contributed by atoms with Crippen LogP contribution in [0.3, 0.4) is 0 Å². The van der Waals surface area contributed by atoms with Gasteiger partial charge in [0, 0.05) is 10.7 Å². The lowest BCUT2D eigenvalue weighted by Gasteiger charge is -2.18. The van der Waals surface area contributed by atoms with E-state index < -0.39 is 18.5 Å². The quantitative estimate of drug-likeness (QED) is 0.413. The third kappa shape index (κ3) is 3.72. The van der Waals surface area contributed by atoms with Crippen LogP contribution in [-0.2, 0) is 19.1 Å². The molecule has 7 nitrogen and oxygen atoms in total. The maximum absolute atomic E-state index is 13.0. The molecule has 1 heterocycles. The normalized spacial score (nSPS) is 24.8. The number of allylic oxidation sites excluding steroid dienone is 2. The molecule has 2 aromatic rings. The summed E-state index contributed by atoms with van der Waals surface area (Å²) in [4.78, 5) is 51.9. The lowest BCUT2D eigenvalue weighted by atomic mass is 9.85. The number of hydrogen-bond acceptors (Lipinski definition) is 5. The van der Waals surface area contributed by atoms with Crippen LogP contribution in [0.4, 0.5) is 11.4 Å². The first kappa shape index (κ1) is 21.4. The maximum atomic E-state index is 13.0. The summed E-state index contributed by atoms with van der Waals surface area (Å²) in [5, 5.41) is 3.13. The number of fused-ring (bicyclic) bond motifs is 5. The van der Waals surface area contributed by atoms with E-state index in [1.807, 2.05) is 19.1 Å². The van der Waals surface area contributed by atoms with Gasteiger partial charge in [-0.15, -0.1) is 0 Å². The van der Waals surface area contributed by atoms with Crippen LogP contribution in [0.1, 0.15) is 22.3 Å². The average Bonchev–Trinajstić information content (AvgIpc) is 3.48. The largest absolute Gasteiger partial charge is 0.452 e. The second-order valence-electron chi connectivity index (χ2n) is 8.65. The number of amides is 3. The summed E-state index contributed by atoms with van der Waals surface area (Å²) in [7, 11) is 0. The second-order valence-corrected chi connectivity index (χ2v) is 9.08. The fraction of sp³-hybridized carbons (Fsp3) is 0.280. The number of hydrogen-bond donors (Lipinski definition) is 1. The molecule has 5 rings (SSSR count). The van der Waals surface area contributed by atoms with Crippen molar-refractivity contribution in [1.82, 2.24) is 0 Å². The summed E-state index contributed by atoms with van der Waals surface area (Å²) in [6.07, 6.45) is 4.91. The summed E-state index contributed by atoms with van der Waals surface area (Å²) >= 11 is 5.96. The molecule has 2 aromatic carbocycles. The molecule has 8 heteroatoms. The Bertz CT molecular complexity index is 1190. The van der Waals surface area contributed by atoms with Crippen LogP contribution in [0.15, 0.2) is 54.6 Å². The maximum Gasteiger partial charge on any atom is 0.338 e. The van der Waals surface area contributed by atoms with Crippen LogP contribution in [0.2, 0.25) is 5.02 Å². The van der Waals surface area contributed by atoms with Crippen LogP contribution >= 0.6 is 11.6 Å².